The maximum absolute atomic E-state index is 11.6. The standard InChI is InChI=1S/C11H17N3O/c1-8-3-4-9(2)14(8)13-11(15)7-12-10-5-6-10/h3-4,10,12H,5-7H2,1-2H3,(H,13,15). The molecule has 0 aromatic carbocycles. The molecule has 0 atom stereocenters. The summed E-state index contributed by atoms with van der Waals surface area (Å²) in [6.45, 7) is 4.35. The van der Waals surface area contributed by atoms with E-state index in [-0.39, 0.29) is 5.91 Å². The van der Waals surface area contributed by atoms with Crippen LogP contribution >= 0.6 is 0 Å². The molecular formula is C11H17N3O. The third-order valence-electron chi connectivity index (χ3n) is 2.64. The van der Waals surface area contributed by atoms with Gasteiger partial charge in [-0.15, -0.1) is 0 Å². The second-order valence-corrected chi connectivity index (χ2v) is 4.14. The third-order valence-corrected chi connectivity index (χ3v) is 2.64. The van der Waals surface area contributed by atoms with Crippen LogP contribution in [0.1, 0.15) is 24.2 Å². The molecule has 0 radical (unpaired) electrons. The Labute approximate surface area is 89.6 Å². The number of hydrogen-bond acceptors (Lipinski definition) is 2. The highest BCUT2D eigenvalue weighted by Crippen LogP contribution is 2.17. The number of aryl methyl sites for hydroxylation is 2. The Morgan fingerprint density at radius 1 is 1.40 bits per heavy atom. The molecule has 2 rings (SSSR count). The van der Waals surface area contributed by atoms with Crippen molar-refractivity contribution in [2.45, 2.75) is 32.7 Å². The zero-order valence-corrected chi connectivity index (χ0v) is 9.21. The van der Waals surface area contributed by atoms with Gasteiger partial charge in [0, 0.05) is 17.4 Å². The topological polar surface area (TPSA) is 46.1 Å². The molecule has 1 amide bonds. The predicted octanol–water partition coefficient (Wildman–Crippen LogP) is 0.927. The number of hydrogen-bond donors (Lipinski definition) is 2. The normalized spacial score (nSPS) is 15.3. The second kappa shape index (κ2) is 4.06. The van der Waals surface area contributed by atoms with Crippen LogP contribution in [0, 0.1) is 13.8 Å². The van der Waals surface area contributed by atoms with E-state index < -0.39 is 0 Å². The summed E-state index contributed by atoms with van der Waals surface area (Å²) in [6.07, 6.45) is 2.41. The van der Waals surface area contributed by atoms with Crippen LogP contribution in [-0.2, 0) is 4.79 Å². The third kappa shape index (κ3) is 2.59. The summed E-state index contributed by atoms with van der Waals surface area (Å²) in [4.78, 5) is 11.6. The van der Waals surface area contributed by atoms with Gasteiger partial charge >= 0.3 is 0 Å². The van der Waals surface area contributed by atoms with Crippen LogP contribution in [0.15, 0.2) is 12.1 Å². The van der Waals surface area contributed by atoms with Crippen LogP contribution < -0.4 is 10.7 Å². The maximum atomic E-state index is 11.6. The molecule has 15 heavy (non-hydrogen) atoms. The van der Waals surface area contributed by atoms with E-state index >= 15 is 0 Å². The van der Waals surface area contributed by atoms with Crippen LogP contribution in [0.3, 0.4) is 0 Å². The van der Waals surface area contributed by atoms with E-state index in [9.17, 15) is 4.79 Å². The number of nitrogens with one attached hydrogen (secondary N) is 2. The van der Waals surface area contributed by atoms with Gasteiger partial charge in [0.15, 0.2) is 0 Å². The van der Waals surface area contributed by atoms with Crippen molar-refractivity contribution in [2.24, 2.45) is 0 Å². The molecule has 1 aliphatic carbocycles. The average molecular weight is 207 g/mol. The minimum Gasteiger partial charge on any atom is -0.306 e. The lowest BCUT2D eigenvalue weighted by Crippen LogP contribution is -2.34. The van der Waals surface area contributed by atoms with Crippen LogP contribution in [-0.4, -0.2) is 23.2 Å². The van der Waals surface area contributed by atoms with Crippen molar-refractivity contribution in [3.05, 3.63) is 23.5 Å². The number of aromatic nitrogens is 1. The molecule has 0 spiro atoms. The quantitative estimate of drug-likeness (QED) is 0.771. The Morgan fingerprint density at radius 3 is 2.53 bits per heavy atom. The van der Waals surface area contributed by atoms with Gasteiger partial charge in [-0.2, -0.15) is 0 Å². The van der Waals surface area contributed by atoms with E-state index in [0.717, 1.165) is 11.4 Å². The molecule has 2 N–H and O–H groups in total. The molecule has 1 aliphatic rings. The molecule has 1 saturated carbocycles. The summed E-state index contributed by atoms with van der Waals surface area (Å²) in [6, 6.07) is 4.55. The SMILES string of the molecule is Cc1ccc(C)n1NC(=O)CNC1CC1. The summed E-state index contributed by atoms with van der Waals surface area (Å²) in [7, 11) is 0. The van der Waals surface area contributed by atoms with Gasteiger partial charge in [0.2, 0.25) is 0 Å². The molecule has 0 aliphatic heterocycles. The van der Waals surface area contributed by atoms with Gasteiger partial charge in [-0.3, -0.25) is 14.9 Å². The van der Waals surface area contributed by atoms with Gasteiger partial charge in [0.05, 0.1) is 6.54 Å². The van der Waals surface area contributed by atoms with Gasteiger partial charge in [0.25, 0.3) is 5.91 Å². The minimum atomic E-state index is 0.0179. The van der Waals surface area contributed by atoms with E-state index in [0.29, 0.717) is 12.6 Å². The molecule has 0 saturated heterocycles. The van der Waals surface area contributed by atoms with Gasteiger partial charge in [-0.1, -0.05) is 0 Å². The lowest BCUT2D eigenvalue weighted by Gasteiger charge is -2.11. The van der Waals surface area contributed by atoms with Crippen LogP contribution in [0.25, 0.3) is 0 Å². The van der Waals surface area contributed by atoms with E-state index in [1.807, 2.05) is 30.7 Å². The lowest BCUT2D eigenvalue weighted by atomic mass is 10.5. The van der Waals surface area contributed by atoms with Crippen molar-refractivity contribution in [3.8, 4) is 0 Å². The average Bonchev–Trinajstić information content (AvgIpc) is 2.98. The first kappa shape index (κ1) is 10.2. The van der Waals surface area contributed by atoms with Crippen molar-refractivity contribution in [3.63, 3.8) is 0 Å². The van der Waals surface area contributed by atoms with Crippen molar-refractivity contribution in [1.82, 2.24) is 9.99 Å². The van der Waals surface area contributed by atoms with E-state index in [4.69, 9.17) is 0 Å². The highest BCUT2D eigenvalue weighted by molar-refractivity contribution is 5.85. The number of carbonyl (C=O) groups excluding carboxylic acids is 1. The summed E-state index contributed by atoms with van der Waals surface area (Å²) in [5.74, 6) is 0.0179. The molecule has 1 aromatic heterocycles. The van der Waals surface area contributed by atoms with E-state index in [1.54, 1.807) is 0 Å². The summed E-state index contributed by atoms with van der Waals surface area (Å²) < 4.78 is 1.82. The molecule has 4 heteroatoms. The zero-order chi connectivity index (χ0) is 10.8. The zero-order valence-electron chi connectivity index (χ0n) is 9.21. The number of rotatable bonds is 4. The summed E-state index contributed by atoms with van der Waals surface area (Å²) in [5.41, 5.74) is 4.95. The highest BCUT2D eigenvalue weighted by atomic mass is 16.2. The molecule has 1 heterocycles. The molecular weight excluding hydrogens is 190 g/mol. The first-order valence-corrected chi connectivity index (χ1v) is 5.35. The minimum absolute atomic E-state index is 0.0179. The molecule has 1 fully saturated rings. The fraction of sp³-hybridized carbons (Fsp3) is 0.545. The number of amides is 1. The summed E-state index contributed by atoms with van der Waals surface area (Å²) >= 11 is 0. The summed E-state index contributed by atoms with van der Waals surface area (Å²) in [5, 5.41) is 3.18. The Hall–Kier alpha value is -1.29. The van der Waals surface area contributed by atoms with Gasteiger partial charge < -0.3 is 5.32 Å². The largest absolute Gasteiger partial charge is 0.306 e. The van der Waals surface area contributed by atoms with Crippen molar-refractivity contribution < 1.29 is 4.79 Å². The molecule has 1 aromatic rings. The van der Waals surface area contributed by atoms with Crippen molar-refractivity contribution in [1.29, 1.82) is 0 Å². The first-order chi connectivity index (χ1) is 7.16. The van der Waals surface area contributed by atoms with Gasteiger partial charge in [-0.05, 0) is 38.8 Å². The van der Waals surface area contributed by atoms with Gasteiger partial charge in [-0.25, -0.2) is 0 Å². The first-order valence-electron chi connectivity index (χ1n) is 5.35. The fourth-order valence-electron chi connectivity index (χ4n) is 1.53. The lowest BCUT2D eigenvalue weighted by molar-refractivity contribution is -0.116. The molecule has 0 unspecified atom stereocenters. The predicted molar refractivity (Wildman–Crippen MR) is 59.3 cm³/mol. The van der Waals surface area contributed by atoms with E-state index in [1.165, 1.54) is 12.8 Å². The number of nitrogens with zero attached hydrogens (tertiary/aromatic N) is 1. The van der Waals surface area contributed by atoms with Crippen molar-refractivity contribution in [2.75, 3.05) is 12.0 Å². The number of carbonyl (C=O) groups is 1. The Balaban J connectivity index is 1.86. The van der Waals surface area contributed by atoms with Crippen molar-refractivity contribution >= 4 is 5.91 Å². The van der Waals surface area contributed by atoms with E-state index in [2.05, 4.69) is 10.7 Å². The Morgan fingerprint density at radius 2 is 2.00 bits per heavy atom. The smallest absolute Gasteiger partial charge is 0.252 e. The molecule has 0 bridgehead atoms. The highest BCUT2D eigenvalue weighted by Gasteiger charge is 2.21. The van der Waals surface area contributed by atoms with Crippen LogP contribution in [0.5, 0.6) is 0 Å². The fourth-order valence-corrected chi connectivity index (χ4v) is 1.53. The van der Waals surface area contributed by atoms with Gasteiger partial charge in [0.1, 0.15) is 0 Å². The monoisotopic (exact) mass is 207 g/mol. The second-order valence-electron chi connectivity index (χ2n) is 4.14. The van der Waals surface area contributed by atoms with Crippen LogP contribution in [0.2, 0.25) is 0 Å². The Kier molecular flexibility index (Phi) is 2.77. The molecule has 4 nitrogen and oxygen atoms in total. The van der Waals surface area contributed by atoms with Crippen LogP contribution in [0.4, 0.5) is 0 Å². The Bertz CT molecular complexity index is 346. The molecule has 82 valence electrons. The maximum Gasteiger partial charge on any atom is 0.252 e.